The highest BCUT2D eigenvalue weighted by Crippen LogP contribution is 2.33. The molecule has 0 radical (unpaired) electrons. The van der Waals surface area contributed by atoms with Crippen molar-refractivity contribution < 1.29 is 14.8 Å². The quantitative estimate of drug-likeness (QED) is 0.304. The first kappa shape index (κ1) is 20.4. The number of thioether (sulfide) groups is 2. The lowest BCUT2D eigenvalue weighted by Crippen LogP contribution is -2.19. The average Bonchev–Trinajstić information content (AvgIpc) is 3.01. The number of halogens is 1. The Kier molecular flexibility index (Phi) is 6.74. The van der Waals surface area contributed by atoms with Crippen molar-refractivity contribution >= 4 is 63.7 Å². The second-order valence-electron chi connectivity index (χ2n) is 5.49. The lowest BCUT2D eigenvalue weighted by Gasteiger charge is -2.03. The molecule has 1 heterocycles. The zero-order valence-electron chi connectivity index (χ0n) is 14.3. The van der Waals surface area contributed by atoms with Crippen LogP contribution in [-0.4, -0.2) is 33.5 Å². The van der Waals surface area contributed by atoms with Crippen LogP contribution in [0.3, 0.4) is 0 Å². The molecule has 0 atom stereocenters. The van der Waals surface area contributed by atoms with E-state index in [-0.39, 0.29) is 18.2 Å². The fourth-order valence-corrected chi connectivity index (χ4v) is 4.10. The number of nitro groups is 1. The molecule has 0 spiro atoms. The number of rotatable bonds is 6. The minimum Gasteiger partial charge on any atom is -0.396 e. The van der Waals surface area contributed by atoms with Crippen molar-refractivity contribution in [2.45, 2.75) is 4.90 Å². The maximum atomic E-state index is 12.2. The van der Waals surface area contributed by atoms with E-state index in [0.717, 1.165) is 11.8 Å². The van der Waals surface area contributed by atoms with Gasteiger partial charge in [-0.3, -0.25) is 14.9 Å². The Morgan fingerprint density at radius 1 is 1.32 bits per heavy atom. The predicted octanol–water partition coefficient (Wildman–Crippen LogP) is 4.22. The Balaban J connectivity index is 1.85. The summed E-state index contributed by atoms with van der Waals surface area (Å²) in [5.41, 5.74) is 0.993. The van der Waals surface area contributed by atoms with Gasteiger partial charge in [-0.05, 0) is 41.6 Å². The summed E-state index contributed by atoms with van der Waals surface area (Å²) in [6.07, 6.45) is 1.57. The molecule has 1 aliphatic rings. The maximum absolute atomic E-state index is 12.2. The summed E-state index contributed by atoms with van der Waals surface area (Å²) in [5.74, 6) is 0.0266. The van der Waals surface area contributed by atoms with Gasteiger partial charge in [0.25, 0.3) is 11.6 Å². The van der Waals surface area contributed by atoms with E-state index in [0.29, 0.717) is 37.0 Å². The van der Waals surface area contributed by atoms with E-state index in [4.69, 9.17) is 16.7 Å². The number of hydrogen-bond acceptors (Lipinski definition) is 7. The van der Waals surface area contributed by atoms with Crippen molar-refractivity contribution in [1.29, 1.82) is 0 Å². The molecule has 1 saturated heterocycles. The summed E-state index contributed by atoms with van der Waals surface area (Å²) < 4.78 is 0. The van der Waals surface area contributed by atoms with Crippen LogP contribution in [0.5, 0.6) is 0 Å². The number of amides is 1. The molecule has 1 aliphatic heterocycles. The van der Waals surface area contributed by atoms with Crippen molar-refractivity contribution in [3.63, 3.8) is 0 Å². The second-order valence-corrected chi connectivity index (χ2v) is 8.06. The maximum Gasteiger partial charge on any atom is 0.283 e. The van der Waals surface area contributed by atoms with E-state index in [1.165, 1.54) is 17.8 Å². The van der Waals surface area contributed by atoms with E-state index >= 15 is 0 Å². The number of hydrogen-bond donors (Lipinski definition) is 2. The van der Waals surface area contributed by atoms with Crippen LogP contribution in [-0.2, 0) is 4.79 Å². The van der Waals surface area contributed by atoms with Crippen LogP contribution in [0.2, 0.25) is 5.02 Å². The van der Waals surface area contributed by atoms with Crippen LogP contribution in [0, 0.1) is 10.1 Å². The number of carbonyl (C=O) groups excluding carboxylic acids is 1. The molecule has 28 heavy (non-hydrogen) atoms. The van der Waals surface area contributed by atoms with Gasteiger partial charge in [-0.15, -0.1) is 11.8 Å². The third-order valence-corrected chi connectivity index (χ3v) is 5.82. The normalized spacial score (nSPS) is 16.6. The molecule has 0 aromatic heterocycles. The Labute approximate surface area is 174 Å². The predicted molar refractivity (Wildman–Crippen MR) is 113 cm³/mol. The van der Waals surface area contributed by atoms with Gasteiger partial charge < -0.3 is 10.4 Å². The average molecular weight is 436 g/mol. The second kappa shape index (κ2) is 9.24. The molecule has 1 amide bonds. The number of aliphatic hydroxyl groups is 1. The minimum atomic E-state index is -0.478. The fourth-order valence-electron chi connectivity index (χ4n) is 2.33. The first-order valence-electron chi connectivity index (χ1n) is 8.04. The molecule has 0 saturated carbocycles. The highest BCUT2D eigenvalue weighted by Gasteiger charge is 2.24. The highest BCUT2D eigenvalue weighted by molar-refractivity contribution is 8.18. The Hall–Kier alpha value is -2.33. The number of carbonyl (C=O) groups is 1. The molecule has 2 aromatic carbocycles. The molecule has 1 fully saturated rings. The molecular formula is C18H14ClN3O4S2. The third kappa shape index (κ3) is 4.93. The summed E-state index contributed by atoms with van der Waals surface area (Å²) in [7, 11) is 0. The first-order valence-corrected chi connectivity index (χ1v) is 10.2. The van der Waals surface area contributed by atoms with Crippen LogP contribution in [0.1, 0.15) is 5.56 Å². The monoisotopic (exact) mass is 435 g/mol. The van der Waals surface area contributed by atoms with Gasteiger partial charge in [-0.2, -0.15) is 0 Å². The van der Waals surface area contributed by atoms with Crippen molar-refractivity contribution in [3.05, 3.63) is 68.1 Å². The van der Waals surface area contributed by atoms with Crippen molar-refractivity contribution in [2.75, 3.05) is 12.4 Å². The number of nitrogens with one attached hydrogen (secondary N) is 1. The summed E-state index contributed by atoms with van der Waals surface area (Å²) in [6.45, 7) is -0.0715. The first-order chi connectivity index (χ1) is 13.5. The summed E-state index contributed by atoms with van der Waals surface area (Å²) >= 11 is 8.41. The molecule has 2 N–H and O–H groups in total. The van der Waals surface area contributed by atoms with Gasteiger partial charge >= 0.3 is 0 Å². The number of aliphatic hydroxyl groups excluding tert-OH is 1. The lowest BCUT2D eigenvalue weighted by atomic mass is 10.2. The summed E-state index contributed by atoms with van der Waals surface area (Å²) in [6, 6.07) is 11.7. The van der Waals surface area contributed by atoms with Crippen molar-refractivity contribution in [1.82, 2.24) is 5.32 Å². The van der Waals surface area contributed by atoms with Gasteiger partial charge in [0.2, 0.25) is 0 Å². The van der Waals surface area contributed by atoms with Crippen LogP contribution < -0.4 is 5.32 Å². The number of aliphatic imine (C=N–C) groups is 1. The highest BCUT2D eigenvalue weighted by atomic mass is 35.5. The van der Waals surface area contributed by atoms with E-state index < -0.39 is 4.92 Å². The molecule has 2 aromatic rings. The smallest absolute Gasteiger partial charge is 0.283 e. The SMILES string of the molecule is O=C1NC(=Nc2ccccc2Cl)S/C1=C/c1ccc(SCCO)c([N+](=O)[O-])c1. The van der Waals surface area contributed by atoms with E-state index in [1.54, 1.807) is 42.5 Å². The van der Waals surface area contributed by atoms with Gasteiger partial charge in [0.1, 0.15) is 0 Å². The number of benzene rings is 2. The van der Waals surface area contributed by atoms with E-state index in [9.17, 15) is 14.9 Å². The van der Waals surface area contributed by atoms with E-state index in [1.807, 2.05) is 0 Å². The van der Waals surface area contributed by atoms with E-state index in [2.05, 4.69) is 10.3 Å². The fraction of sp³-hybridized carbons (Fsp3) is 0.111. The van der Waals surface area contributed by atoms with Crippen LogP contribution >= 0.6 is 35.1 Å². The lowest BCUT2D eigenvalue weighted by molar-refractivity contribution is -0.387. The van der Waals surface area contributed by atoms with Gasteiger partial charge in [0, 0.05) is 11.8 Å². The number of nitrogens with zero attached hydrogens (tertiary/aromatic N) is 2. The molecule has 10 heteroatoms. The van der Waals surface area contributed by atoms with Crippen molar-refractivity contribution in [2.24, 2.45) is 4.99 Å². The van der Waals surface area contributed by atoms with Gasteiger partial charge in [-0.25, -0.2) is 4.99 Å². The number of nitro benzene ring substituents is 1. The number of para-hydroxylation sites is 1. The van der Waals surface area contributed by atoms with Gasteiger partial charge in [0.05, 0.1) is 32.0 Å². The van der Waals surface area contributed by atoms with Gasteiger partial charge in [0.15, 0.2) is 5.17 Å². The van der Waals surface area contributed by atoms with Gasteiger partial charge in [-0.1, -0.05) is 29.8 Å². The zero-order chi connectivity index (χ0) is 20.1. The Bertz CT molecular complexity index is 995. The third-order valence-electron chi connectivity index (χ3n) is 3.55. The largest absolute Gasteiger partial charge is 0.396 e. The molecule has 7 nitrogen and oxygen atoms in total. The molecule has 0 bridgehead atoms. The molecule has 3 rings (SSSR count). The summed E-state index contributed by atoms with van der Waals surface area (Å²) in [5, 5.41) is 23.7. The summed E-state index contributed by atoms with van der Waals surface area (Å²) in [4.78, 5) is 28.2. The molecule has 144 valence electrons. The van der Waals surface area contributed by atoms with Crippen LogP contribution in [0.25, 0.3) is 6.08 Å². The molecule has 0 aliphatic carbocycles. The molecular weight excluding hydrogens is 422 g/mol. The zero-order valence-corrected chi connectivity index (χ0v) is 16.7. The Morgan fingerprint density at radius 3 is 2.82 bits per heavy atom. The minimum absolute atomic E-state index is 0.0684. The Morgan fingerprint density at radius 2 is 2.11 bits per heavy atom. The number of amidine groups is 1. The topological polar surface area (TPSA) is 105 Å². The molecule has 0 unspecified atom stereocenters. The van der Waals surface area contributed by atoms with Crippen LogP contribution in [0.4, 0.5) is 11.4 Å². The standard InChI is InChI=1S/C18H14ClN3O4S2/c19-12-3-1-2-4-13(12)20-18-21-17(24)16(28-18)10-11-5-6-15(27-8-7-23)14(9-11)22(25)26/h1-6,9-10,23H,7-8H2,(H,20,21,24)/b16-10+. The van der Waals surface area contributed by atoms with Crippen LogP contribution in [0.15, 0.2) is 57.3 Å². The van der Waals surface area contributed by atoms with Crippen molar-refractivity contribution in [3.8, 4) is 0 Å².